The number of hydrogen-bond donors (Lipinski definition) is 2. The number of ether oxygens (including phenoxy) is 1. The molecule has 0 spiro atoms. The quantitative estimate of drug-likeness (QED) is 0.616. The van der Waals surface area contributed by atoms with Gasteiger partial charge in [-0.15, -0.1) is 0 Å². The second-order valence-electron chi connectivity index (χ2n) is 8.49. The van der Waals surface area contributed by atoms with Crippen LogP contribution >= 0.6 is 0 Å². The molecule has 1 aliphatic heterocycles. The first-order valence-electron chi connectivity index (χ1n) is 11.1. The van der Waals surface area contributed by atoms with E-state index in [0.29, 0.717) is 6.54 Å². The van der Waals surface area contributed by atoms with Gasteiger partial charge in [0.2, 0.25) is 15.9 Å². The molecule has 0 radical (unpaired) electrons. The predicted molar refractivity (Wildman–Crippen MR) is 117 cm³/mol. The summed E-state index contributed by atoms with van der Waals surface area (Å²) in [7, 11) is -3.72. The lowest BCUT2D eigenvalue weighted by Gasteiger charge is -2.34. The summed E-state index contributed by atoms with van der Waals surface area (Å²) in [5.74, 6) is -0.236. The SMILES string of the molecule is CC1CN(S(=O)(=O)c2cccc(C(=O)NCCNC(=O)C3CCCCC3)c2)CC(C)O1. The molecule has 1 aliphatic carbocycles. The maximum absolute atomic E-state index is 13.0. The van der Waals surface area contributed by atoms with Gasteiger partial charge in [-0.25, -0.2) is 8.42 Å². The molecule has 2 fully saturated rings. The van der Waals surface area contributed by atoms with Crippen LogP contribution in [0.3, 0.4) is 0 Å². The van der Waals surface area contributed by atoms with Crippen molar-refractivity contribution in [3.8, 4) is 0 Å². The first-order chi connectivity index (χ1) is 14.8. The van der Waals surface area contributed by atoms with E-state index in [1.165, 1.54) is 22.9 Å². The summed E-state index contributed by atoms with van der Waals surface area (Å²) >= 11 is 0. The average molecular weight is 452 g/mol. The van der Waals surface area contributed by atoms with Gasteiger partial charge in [0, 0.05) is 37.7 Å². The molecular weight excluding hydrogens is 418 g/mol. The van der Waals surface area contributed by atoms with Crippen molar-refractivity contribution in [1.82, 2.24) is 14.9 Å². The topological polar surface area (TPSA) is 105 Å². The highest BCUT2D eigenvalue weighted by Crippen LogP contribution is 2.24. The molecule has 0 aromatic heterocycles. The van der Waals surface area contributed by atoms with Gasteiger partial charge in [0.25, 0.3) is 5.91 Å². The summed E-state index contributed by atoms with van der Waals surface area (Å²) in [5.41, 5.74) is 0.272. The van der Waals surface area contributed by atoms with Crippen LogP contribution in [0.4, 0.5) is 0 Å². The number of benzene rings is 1. The van der Waals surface area contributed by atoms with E-state index in [0.717, 1.165) is 25.7 Å². The molecule has 2 N–H and O–H groups in total. The van der Waals surface area contributed by atoms with Crippen LogP contribution in [0.5, 0.6) is 0 Å². The van der Waals surface area contributed by atoms with Gasteiger partial charge in [-0.05, 0) is 44.9 Å². The summed E-state index contributed by atoms with van der Waals surface area (Å²) < 4.78 is 33.1. The first-order valence-corrected chi connectivity index (χ1v) is 12.5. The number of hydrogen-bond acceptors (Lipinski definition) is 5. The third-order valence-electron chi connectivity index (χ3n) is 5.81. The monoisotopic (exact) mass is 451 g/mol. The van der Waals surface area contributed by atoms with Gasteiger partial charge in [0.05, 0.1) is 17.1 Å². The highest BCUT2D eigenvalue weighted by atomic mass is 32.2. The minimum Gasteiger partial charge on any atom is -0.373 e. The van der Waals surface area contributed by atoms with Gasteiger partial charge >= 0.3 is 0 Å². The fourth-order valence-electron chi connectivity index (χ4n) is 4.25. The Morgan fingerprint density at radius 1 is 1.03 bits per heavy atom. The van der Waals surface area contributed by atoms with Crippen LogP contribution in [0.1, 0.15) is 56.3 Å². The molecule has 1 aromatic carbocycles. The van der Waals surface area contributed by atoms with E-state index >= 15 is 0 Å². The standard InChI is InChI=1S/C22H33N3O5S/c1-16-14-25(15-17(2)30-16)31(28,29)20-10-6-9-19(13-20)22(27)24-12-11-23-21(26)18-7-4-3-5-8-18/h6,9-10,13,16-18H,3-5,7-8,11-12,14-15H2,1-2H3,(H,23,26)(H,24,27). The molecule has 0 bridgehead atoms. The Bertz CT molecular complexity index is 873. The van der Waals surface area contributed by atoms with E-state index in [2.05, 4.69) is 10.6 Å². The van der Waals surface area contributed by atoms with Crippen LogP contribution in [-0.4, -0.2) is 62.9 Å². The van der Waals surface area contributed by atoms with E-state index in [1.807, 2.05) is 13.8 Å². The fourth-order valence-corrected chi connectivity index (χ4v) is 5.88. The average Bonchev–Trinajstić information content (AvgIpc) is 2.76. The summed E-state index contributed by atoms with van der Waals surface area (Å²) in [6.07, 6.45) is 4.87. The van der Waals surface area contributed by atoms with Gasteiger partial charge in [0.15, 0.2) is 0 Å². The van der Waals surface area contributed by atoms with E-state index in [4.69, 9.17) is 4.74 Å². The Hall–Kier alpha value is -1.97. The normalized spacial score (nSPS) is 23.3. The highest BCUT2D eigenvalue weighted by Gasteiger charge is 2.32. The number of amides is 2. The van der Waals surface area contributed by atoms with Gasteiger partial charge in [-0.1, -0.05) is 25.3 Å². The lowest BCUT2D eigenvalue weighted by molar-refractivity contribution is -0.125. The summed E-state index contributed by atoms with van der Waals surface area (Å²) in [5, 5.41) is 5.63. The maximum atomic E-state index is 13.0. The van der Waals surface area contributed by atoms with Crippen molar-refractivity contribution in [3.05, 3.63) is 29.8 Å². The van der Waals surface area contributed by atoms with Crippen molar-refractivity contribution in [2.24, 2.45) is 5.92 Å². The van der Waals surface area contributed by atoms with Crippen LogP contribution in [-0.2, 0) is 19.6 Å². The van der Waals surface area contributed by atoms with E-state index < -0.39 is 10.0 Å². The Labute approximate surface area is 184 Å². The van der Waals surface area contributed by atoms with Gasteiger partial charge in [-0.3, -0.25) is 9.59 Å². The third kappa shape index (κ3) is 6.27. The number of morpholine rings is 1. The van der Waals surface area contributed by atoms with Crippen LogP contribution in [0, 0.1) is 5.92 Å². The van der Waals surface area contributed by atoms with Crippen molar-refractivity contribution in [2.75, 3.05) is 26.2 Å². The zero-order chi connectivity index (χ0) is 22.4. The minimum atomic E-state index is -3.72. The Morgan fingerprint density at radius 2 is 1.68 bits per heavy atom. The molecule has 172 valence electrons. The van der Waals surface area contributed by atoms with Gasteiger partial charge in [0.1, 0.15) is 0 Å². The molecular formula is C22H33N3O5S. The number of sulfonamides is 1. The molecule has 1 aromatic rings. The highest BCUT2D eigenvalue weighted by molar-refractivity contribution is 7.89. The minimum absolute atomic E-state index is 0.0519. The number of carbonyl (C=O) groups is 2. The maximum Gasteiger partial charge on any atom is 0.251 e. The summed E-state index contributed by atoms with van der Waals surface area (Å²) in [4.78, 5) is 24.7. The van der Waals surface area contributed by atoms with Crippen molar-refractivity contribution in [1.29, 1.82) is 0 Å². The molecule has 2 unspecified atom stereocenters. The second kappa shape index (κ2) is 10.6. The Kier molecular flexibility index (Phi) is 8.07. The second-order valence-corrected chi connectivity index (χ2v) is 10.4. The molecule has 31 heavy (non-hydrogen) atoms. The predicted octanol–water partition coefficient (Wildman–Crippen LogP) is 1.91. The third-order valence-corrected chi connectivity index (χ3v) is 7.63. The molecule has 8 nitrogen and oxygen atoms in total. The molecule has 1 saturated heterocycles. The van der Waals surface area contributed by atoms with Crippen molar-refractivity contribution >= 4 is 21.8 Å². The largest absolute Gasteiger partial charge is 0.373 e. The first kappa shape index (κ1) is 23.7. The molecule has 2 aliphatic rings. The van der Waals surface area contributed by atoms with Crippen LogP contribution in [0.2, 0.25) is 0 Å². The zero-order valence-corrected chi connectivity index (χ0v) is 19.1. The number of nitrogens with one attached hydrogen (secondary N) is 2. The Balaban J connectivity index is 1.54. The van der Waals surface area contributed by atoms with Crippen LogP contribution in [0.25, 0.3) is 0 Å². The Morgan fingerprint density at radius 3 is 2.35 bits per heavy atom. The van der Waals surface area contributed by atoms with Crippen LogP contribution in [0.15, 0.2) is 29.2 Å². The fraction of sp³-hybridized carbons (Fsp3) is 0.636. The summed E-state index contributed by atoms with van der Waals surface area (Å²) in [6.45, 7) is 4.88. The lowest BCUT2D eigenvalue weighted by atomic mass is 9.89. The van der Waals surface area contributed by atoms with Crippen molar-refractivity contribution in [2.45, 2.75) is 63.1 Å². The molecule has 9 heteroatoms. The summed E-state index contributed by atoms with van der Waals surface area (Å²) in [6, 6.07) is 6.05. The van der Waals surface area contributed by atoms with Crippen LogP contribution < -0.4 is 10.6 Å². The number of rotatable bonds is 7. The molecule has 1 heterocycles. The zero-order valence-electron chi connectivity index (χ0n) is 18.3. The van der Waals surface area contributed by atoms with Crippen molar-refractivity contribution in [3.63, 3.8) is 0 Å². The molecule has 2 amide bonds. The van der Waals surface area contributed by atoms with Crippen molar-refractivity contribution < 1.29 is 22.7 Å². The number of nitrogens with zero attached hydrogens (tertiary/aromatic N) is 1. The molecule has 2 atom stereocenters. The van der Waals surface area contributed by atoms with E-state index in [1.54, 1.807) is 12.1 Å². The van der Waals surface area contributed by atoms with Gasteiger partial charge < -0.3 is 15.4 Å². The smallest absolute Gasteiger partial charge is 0.251 e. The van der Waals surface area contributed by atoms with E-state index in [9.17, 15) is 18.0 Å². The lowest BCUT2D eigenvalue weighted by Crippen LogP contribution is -2.48. The van der Waals surface area contributed by atoms with Gasteiger partial charge in [-0.2, -0.15) is 4.31 Å². The molecule has 3 rings (SSSR count). The molecule has 1 saturated carbocycles. The number of carbonyl (C=O) groups excluding carboxylic acids is 2. The van der Waals surface area contributed by atoms with E-state index in [-0.39, 0.29) is 60.0 Å².